The number of hydrogen-bond donors (Lipinski definition) is 2. The Morgan fingerprint density at radius 3 is 2.79 bits per heavy atom. The molecule has 1 saturated carbocycles. The molecule has 3 unspecified atom stereocenters. The smallest absolute Gasteiger partial charge is 0.251 e. The molecule has 1 N–H and O–H groups in total. The van der Waals surface area contributed by atoms with Crippen molar-refractivity contribution in [1.82, 2.24) is 5.32 Å². The lowest BCUT2D eigenvalue weighted by atomic mass is 9.78. The van der Waals surface area contributed by atoms with Gasteiger partial charge in [-0.25, -0.2) is 0 Å². The fraction of sp³-hybridized carbons (Fsp3) is 0.562. The summed E-state index contributed by atoms with van der Waals surface area (Å²) >= 11 is 4.31. The lowest BCUT2D eigenvalue weighted by molar-refractivity contribution is 0.0890. The number of amides is 1. The molecule has 3 heteroatoms. The fourth-order valence-corrected chi connectivity index (χ4v) is 3.09. The highest BCUT2D eigenvalue weighted by Crippen LogP contribution is 2.29. The van der Waals surface area contributed by atoms with Gasteiger partial charge in [0.25, 0.3) is 5.91 Å². The fourth-order valence-electron chi connectivity index (χ4n) is 2.89. The summed E-state index contributed by atoms with van der Waals surface area (Å²) in [7, 11) is 0. The van der Waals surface area contributed by atoms with Gasteiger partial charge in [0.15, 0.2) is 0 Å². The van der Waals surface area contributed by atoms with Crippen LogP contribution in [0.3, 0.4) is 0 Å². The predicted octanol–water partition coefficient (Wildman–Crippen LogP) is 3.84. The van der Waals surface area contributed by atoms with E-state index < -0.39 is 0 Å². The van der Waals surface area contributed by atoms with Crippen molar-refractivity contribution in [2.24, 2.45) is 11.8 Å². The molecule has 0 heterocycles. The van der Waals surface area contributed by atoms with Crippen molar-refractivity contribution in [1.29, 1.82) is 0 Å². The minimum Gasteiger partial charge on any atom is -0.349 e. The van der Waals surface area contributed by atoms with E-state index in [1.54, 1.807) is 0 Å². The van der Waals surface area contributed by atoms with Crippen molar-refractivity contribution in [3.8, 4) is 0 Å². The lowest BCUT2D eigenvalue weighted by Crippen LogP contribution is -2.43. The molecule has 1 aliphatic rings. The molecule has 2 nitrogen and oxygen atoms in total. The molecule has 0 aliphatic heterocycles. The quantitative estimate of drug-likeness (QED) is 0.790. The molecule has 0 saturated heterocycles. The Morgan fingerprint density at radius 2 is 2.05 bits per heavy atom. The Morgan fingerprint density at radius 1 is 1.32 bits per heavy atom. The standard InChI is InChI=1S/C16H23NOS/c1-10-5-4-6-15(12(10)3)17-16(18)14-9-13(19)8-7-11(14)2/h7-10,12,15,19H,4-6H2,1-3H3,(H,17,18). The maximum atomic E-state index is 12.4. The Labute approximate surface area is 121 Å². The van der Waals surface area contributed by atoms with Crippen LogP contribution in [-0.2, 0) is 0 Å². The second-order valence-corrected chi connectivity index (χ2v) is 6.36. The summed E-state index contributed by atoms with van der Waals surface area (Å²) in [6.45, 7) is 6.49. The first kappa shape index (κ1) is 14.4. The molecule has 0 spiro atoms. The van der Waals surface area contributed by atoms with Crippen LogP contribution in [0, 0.1) is 18.8 Å². The molecule has 19 heavy (non-hydrogen) atoms. The van der Waals surface area contributed by atoms with E-state index in [1.165, 1.54) is 12.8 Å². The molecule has 1 amide bonds. The average Bonchev–Trinajstić information content (AvgIpc) is 2.38. The first-order valence-corrected chi connectivity index (χ1v) is 7.54. The van der Waals surface area contributed by atoms with Crippen molar-refractivity contribution in [3.63, 3.8) is 0 Å². The third-order valence-corrected chi connectivity index (χ3v) is 4.77. The van der Waals surface area contributed by atoms with Gasteiger partial charge in [0.2, 0.25) is 0 Å². The van der Waals surface area contributed by atoms with E-state index >= 15 is 0 Å². The van der Waals surface area contributed by atoms with Crippen LogP contribution < -0.4 is 5.32 Å². The second kappa shape index (κ2) is 6.00. The normalized spacial score (nSPS) is 27.1. The summed E-state index contributed by atoms with van der Waals surface area (Å²) in [4.78, 5) is 13.2. The lowest BCUT2D eigenvalue weighted by Gasteiger charge is -2.34. The molecule has 1 aliphatic carbocycles. The van der Waals surface area contributed by atoms with E-state index in [-0.39, 0.29) is 5.91 Å². The molecule has 1 aromatic carbocycles. The molecule has 0 radical (unpaired) electrons. The van der Waals surface area contributed by atoms with E-state index in [1.807, 2.05) is 25.1 Å². The summed E-state index contributed by atoms with van der Waals surface area (Å²) in [6.07, 6.45) is 3.58. The van der Waals surface area contributed by atoms with Gasteiger partial charge in [-0.2, -0.15) is 0 Å². The van der Waals surface area contributed by atoms with Gasteiger partial charge in [-0.3, -0.25) is 4.79 Å². The molecule has 2 rings (SSSR count). The number of carbonyl (C=O) groups excluding carboxylic acids is 1. The number of thiol groups is 1. The molecule has 1 fully saturated rings. The summed E-state index contributed by atoms with van der Waals surface area (Å²) in [5, 5.41) is 3.21. The van der Waals surface area contributed by atoms with Gasteiger partial charge in [0.1, 0.15) is 0 Å². The number of hydrogen-bond acceptors (Lipinski definition) is 2. The first-order valence-electron chi connectivity index (χ1n) is 7.09. The number of nitrogens with one attached hydrogen (secondary N) is 1. The zero-order chi connectivity index (χ0) is 14.0. The van der Waals surface area contributed by atoms with Gasteiger partial charge in [-0.1, -0.05) is 32.8 Å². The molecule has 0 bridgehead atoms. The SMILES string of the molecule is Cc1ccc(S)cc1C(=O)NC1CCCC(C)C1C. The van der Waals surface area contributed by atoms with Crippen molar-refractivity contribution in [3.05, 3.63) is 29.3 Å². The van der Waals surface area contributed by atoms with Gasteiger partial charge in [0.05, 0.1) is 0 Å². The van der Waals surface area contributed by atoms with Gasteiger partial charge < -0.3 is 5.32 Å². The maximum absolute atomic E-state index is 12.4. The minimum absolute atomic E-state index is 0.0411. The number of aryl methyl sites for hydroxylation is 1. The molecule has 104 valence electrons. The third kappa shape index (κ3) is 3.33. The molecular formula is C16H23NOS. The Balaban J connectivity index is 2.10. The van der Waals surface area contributed by atoms with Crippen molar-refractivity contribution in [2.75, 3.05) is 0 Å². The summed E-state index contributed by atoms with van der Waals surface area (Å²) in [5.41, 5.74) is 1.75. The number of carbonyl (C=O) groups is 1. The van der Waals surface area contributed by atoms with Crippen molar-refractivity contribution in [2.45, 2.75) is 51.0 Å². The summed E-state index contributed by atoms with van der Waals surface area (Å²) < 4.78 is 0. The van der Waals surface area contributed by atoms with E-state index in [9.17, 15) is 4.79 Å². The maximum Gasteiger partial charge on any atom is 0.251 e. The largest absolute Gasteiger partial charge is 0.349 e. The van der Waals surface area contributed by atoms with Crippen LogP contribution in [0.15, 0.2) is 23.1 Å². The van der Waals surface area contributed by atoms with E-state index in [4.69, 9.17) is 0 Å². The highest BCUT2D eigenvalue weighted by Gasteiger charge is 2.28. The van der Waals surface area contributed by atoms with Gasteiger partial charge in [-0.15, -0.1) is 12.6 Å². The van der Waals surface area contributed by atoms with Gasteiger partial charge in [-0.05, 0) is 42.9 Å². The van der Waals surface area contributed by atoms with E-state index in [2.05, 4.69) is 31.8 Å². The topological polar surface area (TPSA) is 29.1 Å². The van der Waals surface area contributed by atoms with Crippen LogP contribution in [0.1, 0.15) is 49.0 Å². The van der Waals surface area contributed by atoms with Crippen molar-refractivity contribution >= 4 is 18.5 Å². The Kier molecular flexibility index (Phi) is 4.56. The average molecular weight is 277 g/mol. The van der Waals surface area contributed by atoms with Gasteiger partial charge in [0, 0.05) is 16.5 Å². The Hall–Kier alpha value is -0.960. The monoisotopic (exact) mass is 277 g/mol. The Bertz CT molecular complexity index is 472. The van der Waals surface area contributed by atoms with Crippen LogP contribution in [0.2, 0.25) is 0 Å². The molecular weight excluding hydrogens is 254 g/mol. The highest BCUT2D eigenvalue weighted by molar-refractivity contribution is 7.80. The third-order valence-electron chi connectivity index (χ3n) is 4.49. The van der Waals surface area contributed by atoms with Crippen LogP contribution in [0.4, 0.5) is 0 Å². The minimum atomic E-state index is 0.0411. The predicted molar refractivity (Wildman–Crippen MR) is 81.9 cm³/mol. The summed E-state index contributed by atoms with van der Waals surface area (Å²) in [5.74, 6) is 1.29. The molecule has 3 atom stereocenters. The van der Waals surface area contributed by atoms with Crippen LogP contribution >= 0.6 is 12.6 Å². The zero-order valence-corrected chi connectivity index (χ0v) is 12.8. The highest BCUT2D eigenvalue weighted by atomic mass is 32.1. The molecule has 0 aromatic heterocycles. The van der Waals surface area contributed by atoms with Crippen LogP contribution in [-0.4, -0.2) is 11.9 Å². The second-order valence-electron chi connectivity index (χ2n) is 5.85. The number of benzene rings is 1. The summed E-state index contributed by atoms with van der Waals surface area (Å²) in [6, 6.07) is 6.02. The first-order chi connectivity index (χ1) is 8.99. The zero-order valence-electron chi connectivity index (χ0n) is 11.9. The van der Waals surface area contributed by atoms with Crippen molar-refractivity contribution < 1.29 is 4.79 Å². The van der Waals surface area contributed by atoms with Crippen LogP contribution in [0.5, 0.6) is 0 Å². The molecule has 1 aromatic rings. The van der Waals surface area contributed by atoms with Gasteiger partial charge >= 0.3 is 0 Å². The number of rotatable bonds is 2. The van der Waals surface area contributed by atoms with Crippen LogP contribution in [0.25, 0.3) is 0 Å². The van der Waals surface area contributed by atoms with E-state index in [0.717, 1.165) is 22.4 Å². The van der Waals surface area contributed by atoms with E-state index in [0.29, 0.717) is 17.9 Å².